The topological polar surface area (TPSA) is 135 Å². The van der Waals surface area contributed by atoms with Crippen molar-refractivity contribution in [3.05, 3.63) is 100 Å². The quantitative estimate of drug-likeness (QED) is 0.206. The molecule has 0 amide bonds. The van der Waals surface area contributed by atoms with Crippen LogP contribution >= 0.6 is 0 Å². The standard InChI is InChI=1S/C31H28F2N6O4/c1-31(12-2-3-19(31)17-40)36-29-27-26(11-13-34-28(27)37-38-29)43-25-9-4-18(15-23(25)33)16-24(41)22-10-14-35-39(30(22)42)21-7-5-20(32)6-8-21/h4-11,13-15,19,40H,2-3,12,16-17H2,1H3,(H2,34,36,37,38)/t19-,31?/m0/s1. The van der Waals surface area contributed by atoms with Gasteiger partial charge in [-0.05, 0) is 67.8 Å². The lowest BCUT2D eigenvalue weighted by Gasteiger charge is -2.32. The smallest absolute Gasteiger partial charge is 0.282 e. The summed E-state index contributed by atoms with van der Waals surface area (Å²) in [6.45, 7) is 2.10. The summed E-state index contributed by atoms with van der Waals surface area (Å²) in [6.07, 6.45) is 5.32. The number of nitrogens with zero attached hydrogens (tertiary/aromatic N) is 4. The number of pyridine rings is 1. The molecule has 0 bridgehead atoms. The van der Waals surface area contributed by atoms with E-state index in [1.807, 2.05) is 6.92 Å². The Bertz CT molecular complexity index is 1870. The lowest BCUT2D eigenvalue weighted by atomic mass is 9.89. The van der Waals surface area contributed by atoms with Crippen LogP contribution in [0.25, 0.3) is 16.7 Å². The van der Waals surface area contributed by atoms with Crippen LogP contribution in [-0.4, -0.2) is 48.0 Å². The maximum Gasteiger partial charge on any atom is 0.282 e. The van der Waals surface area contributed by atoms with Crippen molar-refractivity contribution in [3.8, 4) is 17.2 Å². The van der Waals surface area contributed by atoms with Gasteiger partial charge in [0.15, 0.2) is 28.8 Å². The highest BCUT2D eigenvalue weighted by Crippen LogP contribution is 2.41. The van der Waals surface area contributed by atoms with Crippen LogP contribution in [-0.2, 0) is 6.42 Å². The van der Waals surface area contributed by atoms with Crippen LogP contribution in [0.5, 0.6) is 11.5 Å². The van der Waals surface area contributed by atoms with Gasteiger partial charge in [0, 0.05) is 42.9 Å². The van der Waals surface area contributed by atoms with E-state index in [9.17, 15) is 19.1 Å². The second-order valence-corrected chi connectivity index (χ2v) is 10.8. The molecular formula is C31H28F2N6O4. The predicted molar refractivity (Wildman–Crippen MR) is 155 cm³/mol. The van der Waals surface area contributed by atoms with Crippen LogP contribution < -0.4 is 15.6 Å². The minimum atomic E-state index is -0.699. The van der Waals surface area contributed by atoms with Crippen molar-refractivity contribution < 1.29 is 23.4 Å². The van der Waals surface area contributed by atoms with E-state index in [-0.39, 0.29) is 35.8 Å². The third-order valence-electron chi connectivity index (χ3n) is 8.00. The second kappa shape index (κ2) is 11.4. The number of hydrogen-bond acceptors (Lipinski definition) is 8. The maximum absolute atomic E-state index is 15.3. The molecule has 1 aliphatic rings. The molecular weight excluding hydrogens is 558 g/mol. The molecule has 3 N–H and O–H groups in total. The first-order valence-corrected chi connectivity index (χ1v) is 13.8. The number of anilines is 1. The minimum Gasteiger partial charge on any atom is -0.453 e. The van der Waals surface area contributed by atoms with Gasteiger partial charge in [-0.25, -0.2) is 13.8 Å². The van der Waals surface area contributed by atoms with E-state index in [0.29, 0.717) is 33.9 Å². The zero-order valence-corrected chi connectivity index (χ0v) is 23.2. The number of aliphatic hydroxyl groups is 1. The van der Waals surface area contributed by atoms with Gasteiger partial charge in [0.1, 0.15) is 17.0 Å². The van der Waals surface area contributed by atoms with Crippen molar-refractivity contribution in [3.63, 3.8) is 0 Å². The number of Topliss-reactive ketones (excluding diaryl/α,β-unsaturated/α-hetero) is 1. The number of fused-ring (bicyclic) bond motifs is 1. The van der Waals surface area contributed by atoms with E-state index in [1.165, 1.54) is 54.9 Å². The molecule has 12 heteroatoms. The summed E-state index contributed by atoms with van der Waals surface area (Å²) >= 11 is 0. The monoisotopic (exact) mass is 586 g/mol. The number of benzene rings is 2. The fourth-order valence-electron chi connectivity index (χ4n) is 5.59. The van der Waals surface area contributed by atoms with Gasteiger partial charge in [0.2, 0.25) is 0 Å². The third-order valence-corrected chi connectivity index (χ3v) is 8.00. The first kappa shape index (κ1) is 28.2. The molecule has 1 unspecified atom stereocenters. The number of ether oxygens (including phenoxy) is 1. The molecule has 1 saturated carbocycles. The molecule has 2 atom stereocenters. The Morgan fingerprint density at radius 2 is 1.95 bits per heavy atom. The Hall–Kier alpha value is -4.97. The number of aromatic nitrogens is 5. The predicted octanol–water partition coefficient (Wildman–Crippen LogP) is 4.96. The van der Waals surface area contributed by atoms with Crippen molar-refractivity contribution in [2.45, 2.75) is 38.1 Å². The van der Waals surface area contributed by atoms with Gasteiger partial charge in [-0.2, -0.15) is 14.9 Å². The first-order chi connectivity index (χ1) is 20.8. The summed E-state index contributed by atoms with van der Waals surface area (Å²) < 4.78 is 35.6. The lowest BCUT2D eigenvalue weighted by molar-refractivity contribution is 0.0990. The van der Waals surface area contributed by atoms with Crippen LogP contribution in [0.2, 0.25) is 0 Å². The molecule has 0 radical (unpaired) electrons. The van der Waals surface area contributed by atoms with Gasteiger partial charge >= 0.3 is 0 Å². The third kappa shape index (κ3) is 5.48. The number of rotatable bonds is 9. The Morgan fingerprint density at radius 3 is 2.72 bits per heavy atom. The average Bonchev–Trinajstić information content (AvgIpc) is 3.58. The number of H-pyrrole nitrogens is 1. The van der Waals surface area contributed by atoms with Crippen molar-refractivity contribution in [1.82, 2.24) is 25.0 Å². The lowest BCUT2D eigenvalue weighted by Crippen LogP contribution is -2.40. The van der Waals surface area contributed by atoms with Crippen LogP contribution in [0.1, 0.15) is 42.1 Å². The molecule has 2 aromatic carbocycles. The van der Waals surface area contributed by atoms with E-state index >= 15 is 4.39 Å². The van der Waals surface area contributed by atoms with E-state index in [0.717, 1.165) is 23.9 Å². The minimum absolute atomic E-state index is 0.0546. The molecule has 1 fully saturated rings. The highest BCUT2D eigenvalue weighted by molar-refractivity contribution is 5.97. The van der Waals surface area contributed by atoms with Gasteiger partial charge in [0.05, 0.1) is 11.3 Å². The molecule has 1 aliphatic carbocycles. The number of carbonyl (C=O) groups is 1. The summed E-state index contributed by atoms with van der Waals surface area (Å²) in [6, 6.07) is 12.2. The van der Waals surface area contributed by atoms with E-state index < -0.39 is 23.0 Å². The van der Waals surface area contributed by atoms with Crippen LogP contribution in [0.15, 0.2) is 71.8 Å². The highest BCUT2D eigenvalue weighted by atomic mass is 19.1. The Morgan fingerprint density at radius 1 is 1.14 bits per heavy atom. The number of hydrogen-bond donors (Lipinski definition) is 3. The van der Waals surface area contributed by atoms with Crippen LogP contribution in [0.3, 0.4) is 0 Å². The molecule has 10 nitrogen and oxygen atoms in total. The average molecular weight is 587 g/mol. The molecule has 0 spiro atoms. The summed E-state index contributed by atoms with van der Waals surface area (Å²) in [5.74, 6) is -0.887. The summed E-state index contributed by atoms with van der Waals surface area (Å²) in [7, 11) is 0. The van der Waals surface area contributed by atoms with Crippen molar-refractivity contribution >= 4 is 22.6 Å². The fraction of sp³-hybridized carbons (Fsp3) is 0.258. The number of carbonyl (C=O) groups excluding carboxylic acids is 1. The van der Waals surface area contributed by atoms with Gasteiger partial charge in [0.25, 0.3) is 5.56 Å². The van der Waals surface area contributed by atoms with Gasteiger partial charge < -0.3 is 15.2 Å². The molecule has 5 aromatic rings. The van der Waals surface area contributed by atoms with Crippen molar-refractivity contribution in [1.29, 1.82) is 0 Å². The summed E-state index contributed by atoms with van der Waals surface area (Å²) in [5, 5.41) is 25.1. The first-order valence-electron chi connectivity index (χ1n) is 13.8. The molecule has 3 heterocycles. The number of ketones is 1. The van der Waals surface area contributed by atoms with E-state index in [1.54, 1.807) is 12.1 Å². The second-order valence-electron chi connectivity index (χ2n) is 10.8. The zero-order chi connectivity index (χ0) is 30.1. The molecule has 0 aliphatic heterocycles. The van der Waals surface area contributed by atoms with Gasteiger partial charge in [-0.3, -0.25) is 14.7 Å². The molecule has 43 heavy (non-hydrogen) atoms. The highest BCUT2D eigenvalue weighted by Gasteiger charge is 2.39. The van der Waals surface area contributed by atoms with Crippen molar-refractivity contribution in [2.75, 3.05) is 11.9 Å². The van der Waals surface area contributed by atoms with Gasteiger partial charge in [-0.15, -0.1) is 0 Å². The van der Waals surface area contributed by atoms with Crippen molar-refractivity contribution in [2.24, 2.45) is 5.92 Å². The number of aromatic amines is 1. The summed E-state index contributed by atoms with van der Waals surface area (Å²) in [5.41, 5.74) is -0.0652. The largest absolute Gasteiger partial charge is 0.453 e. The maximum atomic E-state index is 15.3. The summed E-state index contributed by atoms with van der Waals surface area (Å²) in [4.78, 5) is 30.3. The van der Waals surface area contributed by atoms with E-state index in [4.69, 9.17) is 4.74 Å². The fourth-order valence-corrected chi connectivity index (χ4v) is 5.59. The van der Waals surface area contributed by atoms with Gasteiger partial charge in [-0.1, -0.05) is 12.5 Å². The molecule has 0 saturated heterocycles. The normalized spacial score (nSPS) is 18.2. The van der Waals surface area contributed by atoms with Crippen LogP contribution in [0.4, 0.5) is 14.6 Å². The molecule has 3 aromatic heterocycles. The molecule has 220 valence electrons. The Balaban J connectivity index is 1.22. The number of halogens is 2. The number of aliphatic hydroxyl groups excluding tert-OH is 1. The SMILES string of the molecule is CC1(Nc2n[nH]c3nccc(Oc4ccc(CC(=O)c5ccnn(-c6ccc(F)cc6)c5=O)cc4F)c23)CCC[C@H]1CO. The van der Waals surface area contributed by atoms with E-state index in [2.05, 4.69) is 25.6 Å². The number of nitrogens with one attached hydrogen (secondary N) is 2. The van der Waals surface area contributed by atoms with Crippen LogP contribution in [0, 0.1) is 17.6 Å². The molecule has 6 rings (SSSR count). The Kier molecular flexibility index (Phi) is 7.45. The zero-order valence-electron chi connectivity index (χ0n) is 23.2. The Labute approximate surface area is 244 Å².